The highest BCUT2D eigenvalue weighted by molar-refractivity contribution is 5.32. The summed E-state index contributed by atoms with van der Waals surface area (Å²) in [5.74, 6) is 0.522. The van der Waals surface area contributed by atoms with Gasteiger partial charge in [0.25, 0.3) is 0 Å². The Morgan fingerprint density at radius 2 is 2.18 bits per heavy atom. The number of nitrogens with zero attached hydrogens (tertiary/aromatic N) is 2. The van der Waals surface area contributed by atoms with Gasteiger partial charge in [-0.1, -0.05) is 30.3 Å². The largest absolute Gasteiger partial charge is 0.299 e. The number of carbonyl (C=O) groups excluding carboxylic acids is 1. The Labute approximate surface area is 102 Å². The van der Waals surface area contributed by atoms with Crippen molar-refractivity contribution in [1.82, 2.24) is 4.90 Å². The first-order valence-electron chi connectivity index (χ1n) is 6.18. The first-order chi connectivity index (χ1) is 8.38. The molecule has 1 fully saturated rings. The predicted molar refractivity (Wildman–Crippen MR) is 67.4 cm³/mol. The summed E-state index contributed by atoms with van der Waals surface area (Å²) >= 11 is 0. The van der Waals surface area contributed by atoms with E-state index in [2.05, 4.69) is 34.2 Å². The molecule has 1 atom stereocenters. The molecule has 0 N–H and O–H groups in total. The lowest BCUT2D eigenvalue weighted by atomic mass is 9.98. The molecule has 0 saturated carbocycles. The van der Waals surface area contributed by atoms with Crippen molar-refractivity contribution < 1.29 is 4.79 Å². The average Bonchev–Trinajstić information content (AvgIpc) is 2.38. The first kappa shape index (κ1) is 12.0. The molecule has 0 amide bonds. The summed E-state index contributed by atoms with van der Waals surface area (Å²) in [5.41, 5.74) is 1.35. The van der Waals surface area contributed by atoms with Crippen LogP contribution in [0.5, 0.6) is 0 Å². The van der Waals surface area contributed by atoms with Crippen molar-refractivity contribution in [3.05, 3.63) is 35.9 Å². The molecule has 1 heterocycles. The number of hydrogen-bond donors (Lipinski definition) is 0. The second kappa shape index (κ2) is 6.33. The van der Waals surface area contributed by atoms with Crippen molar-refractivity contribution in [3.8, 4) is 0 Å². The molecule has 0 bridgehead atoms. The maximum Gasteiger partial charge on any atom is 0.234 e. The molecule has 1 saturated heterocycles. The van der Waals surface area contributed by atoms with Crippen LogP contribution in [0.15, 0.2) is 35.3 Å². The summed E-state index contributed by atoms with van der Waals surface area (Å²) < 4.78 is 0. The number of piperidine rings is 1. The van der Waals surface area contributed by atoms with E-state index in [0.29, 0.717) is 12.5 Å². The molecule has 3 nitrogen and oxygen atoms in total. The minimum atomic E-state index is 0.522. The Balaban J connectivity index is 1.87. The molecule has 17 heavy (non-hydrogen) atoms. The maximum absolute atomic E-state index is 10.1. The number of rotatable bonds is 4. The molecule has 0 aromatic heterocycles. The normalized spacial score (nSPS) is 20.8. The molecule has 1 aromatic rings. The van der Waals surface area contributed by atoms with Gasteiger partial charge in [-0.15, -0.1) is 0 Å². The topological polar surface area (TPSA) is 32.7 Å². The molecule has 1 aliphatic rings. The van der Waals surface area contributed by atoms with Gasteiger partial charge in [-0.2, -0.15) is 0 Å². The van der Waals surface area contributed by atoms with Crippen LogP contribution in [-0.2, 0) is 11.3 Å². The third kappa shape index (κ3) is 3.81. The van der Waals surface area contributed by atoms with E-state index in [0.717, 1.165) is 19.6 Å². The highest BCUT2D eigenvalue weighted by Gasteiger charge is 2.19. The van der Waals surface area contributed by atoms with Gasteiger partial charge in [-0.3, -0.25) is 4.90 Å². The van der Waals surface area contributed by atoms with Crippen molar-refractivity contribution in [2.24, 2.45) is 10.9 Å². The minimum Gasteiger partial charge on any atom is -0.299 e. The molecule has 90 valence electrons. The van der Waals surface area contributed by atoms with Crippen LogP contribution in [-0.4, -0.2) is 30.6 Å². The molecule has 1 aliphatic heterocycles. The van der Waals surface area contributed by atoms with E-state index in [4.69, 9.17) is 0 Å². The Morgan fingerprint density at radius 1 is 1.35 bits per heavy atom. The van der Waals surface area contributed by atoms with Crippen molar-refractivity contribution in [3.63, 3.8) is 0 Å². The second-order valence-electron chi connectivity index (χ2n) is 4.66. The molecule has 0 spiro atoms. The summed E-state index contributed by atoms with van der Waals surface area (Å²) in [6, 6.07) is 10.5. The number of aliphatic imine (C=N–C) groups is 1. The van der Waals surface area contributed by atoms with Crippen molar-refractivity contribution in [2.75, 3.05) is 19.6 Å². The molecule has 1 unspecified atom stereocenters. The Bertz CT molecular complexity index is 384. The molecule has 2 rings (SSSR count). The summed E-state index contributed by atoms with van der Waals surface area (Å²) in [6.07, 6.45) is 4.01. The molecular formula is C14H18N2O. The number of hydrogen-bond acceptors (Lipinski definition) is 3. The highest BCUT2D eigenvalue weighted by atomic mass is 16.1. The van der Waals surface area contributed by atoms with E-state index in [1.807, 2.05) is 6.07 Å². The Morgan fingerprint density at radius 3 is 2.94 bits per heavy atom. The van der Waals surface area contributed by atoms with Crippen LogP contribution in [0.3, 0.4) is 0 Å². The summed E-state index contributed by atoms with van der Waals surface area (Å²) in [7, 11) is 0. The van der Waals surface area contributed by atoms with Crippen molar-refractivity contribution in [1.29, 1.82) is 0 Å². The van der Waals surface area contributed by atoms with Crippen molar-refractivity contribution >= 4 is 6.08 Å². The smallest absolute Gasteiger partial charge is 0.234 e. The quantitative estimate of drug-likeness (QED) is 0.587. The number of benzene rings is 1. The lowest BCUT2D eigenvalue weighted by molar-refractivity contribution is 0.171. The van der Waals surface area contributed by atoms with Gasteiger partial charge >= 0.3 is 0 Å². The van der Waals surface area contributed by atoms with Gasteiger partial charge in [-0.25, -0.2) is 9.79 Å². The third-order valence-corrected chi connectivity index (χ3v) is 3.27. The van der Waals surface area contributed by atoms with Gasteiger partial charge in [0, 0.05) is 13.1 Å². The summed E-state index contributed by atoms with van der Waals surface area (Å²) in [4.78, 5) is 16.3. The molecule has 3 heteroatoms. The van der Waals surface area contributed by atoms with Crippen LogP contribution in [0.1, 0.15) is 18.4 Å². The van der Waals surface area contributed by atoms with E-state index in [-0.39, 0.29) is 0 Å². The van der Waals surface area contributed by atoms with Crippen LogP contribution in [0.25, 0.3) is 0 Å². The van der Waals surface area contributed by atoms with E-state index >= 15 is 0 Å². The number of isocyanates is 1. The summed E-state index contributed by atoms with van der Waals surface area (Å²) in [6.45, 7) is 3.83. The maximum atomic E-state index is 10.1. The first-order valence-corrected chi connectivity index (χ1v) is 6.18. The lowest BCUT2D eigenvalue weighted by Crippen LogP contribution is -2.35. The zero-order valence-electron chi connectivity index (χ0n) is 10.0. The van der Waals surface area contributed by atoms with Gasteiger partial charge in [0.15, 0.2) is 0 Å². The Kier molecular flexibility index (Phi) is 4.48. The van der Waals surface area contributed by atoms with Gasteiger partial charge in [0.2, 0.25) is 6.08 Å². The zero-order chi connectivity index (χ0) is 11.9. The van der Waals surface area contributed by atoms with E-state index in [1.54, 1.807) is 6.08 Å². The van der Waals surface area contributed by atoms with E-state index in [1.165, 1.54) is 18.4 Å². The fraction of sp³-hybridized carbons (Fsp3) is 0.500. The fourth-order valence-corrected chi connectivity index (χ4v) is 2.45. The van der Waals surface area contributed by atoms with E-state index < -0.39 is 0 Å². The average molecular weight is 230 g/mol. The summed E-state index contributed by atoms with van der Waals surface area (Å²) in [5, 5.41) is 0. The highest BCUT2D eigenvalue weighted by Crippen LogP contribution is 2.18. The van der Waals surface area contributed by atoms with Crippen LogP contribution >= 0.6 is 0 Å². The predicted octanol–water partition coefficient (Wildman–Crippen LogP) is 2.23. The van der Waals surface area contributed by atoms with Gasteiger partial charge in [0.1, 0.15) is 0 Å². The van der Waals surface area contributed by atoms with Crippen LogP contribution in [0, 0.1) is 5.92 Å². The third-order valence-electron chi connectivity index (χ3n) is 3.27. The Hall–Kier alpha value is -1.44. The van der Waals surface area contributed by atoms with Crippen LogP contribution < -0.4 is 0 Å². The van der Waals surface area contributed by atoms with Gasteiger partial charge in [-0.05, 0) is 30.9 Å². The zero-order valence-corrected chi connectivity index (χ0v) is 10.0. The van der Waals surface area contributed by atoms with Crippen LogP contribution in [0.4, 0.5) is 0 Å². The van der Waals surface area contributed by atoms with E-state index in [9.17, 15) is 4.79 Å². The molecule has 1 aromatic carbocycles. The lowest BCUT2D eigenvalue weighted by Gasteiger charge is -2.31. The van der Waals surface area contributed by atoms with Crippen molar-refractivity contribution in [2.45, 2.75) is 19.4 Å². The molecular weight excluding hydrogens is 212 g/mol. The minimum absolute atomic E-state index is 0.522. The standard InChI is InChI=1S/C14H18N2O/c17-12-15-9-14-7-4-8-16(11-14)10-13-5-2-1-3-6-13/h1-3,5-6,14H,4,7-11H2. The fourth-order valence-electron chi connectivity index (χ4n) is 2.45. The SMILES string of the molecule is O=C=NCC1CCCN(Cc2ccccc2)C1. The van der Waals surface area contributed by atoms with Gasteiger partial charge < -0.3 is 0 Å². The van der Waals surface area contributed by atoms with Gasteiger partial charge in [0.05, 0.1) is 6.54 Å². The second-order valence-corrected chi connectivity index (χ2v) is 4.66. The molecule has 0 radical (unpaired) electrons. The van der Waals surface area contributed by atoms with Crippen LogP contribution in [0.2, 0.25) is 0 Å². The number of likely N-dealkylation sites (tertiary alicyclic amines) is 1. The molecule has 0 aliphatic carbocycles. The monoisotopic (exact) mass is 230 g/mol.